The van der Waals surface area contributed by atoms with Gasteiger partial charge in [0, 0.05) is 25.2 Å². The van der Waals surface area contributed by atoms with Gasteiger partial charge in [0.2, 0.25) is 11.8 Å². The number of nitrogens with one attached hydrogen (secondary N) is 1. The van der Waals surface area contributed by atoms with Gasteiger partial charge in [-0.1, -0.05) is 19.0 Å². The Labute approximate surface area is 153 Å². The number of aromatic nitrogens is 1. The van der Waals surface area contributed by atoms with Crippen LogP contribution in [0.3, 0.4) is 0 Å². The van der Waals surface area contributed by atoms with Gasteiger partial charge in [0.05, 0.1) is 11.0 Å². The van der Waals surface area contributed by atoms with Crippen LogP contribution in [0.2, 0.25) is 0 Å². The summed E-state index contributed by atoms with van der Waals surface area (Å²) < 4.78 is 4.92. The van der Waals surface area contributed by atoms with Crippen molar-refractivity contribution in [3.8, 4) is 0 Å². The zero-order chi connectivity index (χ0) is 18.4. The van der Waals surface area contributed by atoms with E-state index in [-0.39, 0.29) is 17.1 Å². The number of nitrogens with zero attached hydrogens (tertiary/aromatic N) is 3. The topological polar surface area (TPSA) is 78.7 Å². The molecule has 1 aromatic heterocycles. The minimum atomic E-state index is -0.331. The molecule has 2 amide bonds. The first-order valence-electron chi connectivity index (χ1n) is 8.82. The van der Waals surface area contributed by atoms with Gasteiger partial charge in [0.1, 0.15) is 5.76 Å². The Morgan fingerprint density at radius 3 is 2.80 bits per heavy atom. The maximum Gasteiger partial charge on any atom is 0.238 e. The van der Waals surface area contributed by atoms with Gasteiger partial charge < -0.3 is 14.7 Å². The number of rotatable bonds is 8. The van der Waals surface area contributed by atoms with Crippen molar-refractivity contribution >= 4 is 29.4 Å². The lowest BCUT2D eigenvalue weighted by atomic mass is 10.2. The Balaban J connectivity index is 1.75. The minimum absolute atomic E-state index is 0.108. The molecule has 1 aliphatic heterocycles. The van der Waals surface area contributed by atoms with Crippen LogP contribution in [-0.4, -0.2) is 70.0 Å². The monoisotopic (exact) mass is 368 g/mol. The molecule has 140 valence electrons. The highest BCUT2D eigenvalue weighted by atomic mass is 32.2. The second-order valence-corrected chi connectivity index (χ2v) is 7.60. The first-order chi connectivity index (χ1) is 11.9. The second-order valence-electron chi connectivity index (χ2n) is 6.27. The molecule has 2 atom stereocenters. The van der Waals surface area contributed by atoms with Gasteiger partial charge in [0.25, 0.3) is 0 Å². The molecule has 0 spiro atoms. The lowest BCUT2D eigenvalue weighted by molar-refractivity contribution is -0.127. The average molecular weight is 369 g/mol. The molecule has 25 heavy (non-hydrogen) atoms. The Morgan fingerprint density at radius 1 is 1.48 bits per heavy atom. The van der Waals surface area contributed by atoms with Gasteiger partial charge in [-0.25, -0.2) is 0 Å². The van der Waals surface area contributed by atoms with Crippen LogP contribution in [0.5, 0.6) is 0 Å². The number of carbonyl (C=O) groups excluding carboxylic acids is 2. The third-order valence-corrected chi connectivity index (χ3v) is 5.68. The number of likely N-dealkylation sites (tertiary alicyclic amines) is 1. The summed E-state index contributed by atoms with van der Waals surface area (Å²) in [5.74, 6) is 1.30. The number of anilines is 1. The maximum absolute atomic E-state index is 12.4. The van der Waals surface area contributed by atoms with E-state index in [1.165, 1.54) is 11.8 Å². The smallest absolute Gasteiger partial charge is 0.238 e. The Hall–Kier alpha value is -1.54. The lowest BCUT2D eigenvalue weighted by Gasteiger charge is -2.26. The summed E-state index contributed by atoms with van der Waals surface area (Å²) in [6.07, 6.45) is 1.03. The van der Waals surface area contributed by atoms with Crippen molar-refractivity contribution < 1.29 is 14.1 Å². The van der Waals surface area contributed by atoms with Crippen molar-refractivity contribution in [1.82, 2.24) is 15.0 Å². The first kappa shape index (κ1) is 19.8. The minimum Gasteiger partial charge on any atom is -0.360 e. The van der Waals surface area contributed by atoms with Crippen LogP contribution >= 0.6 is 11.8 Å². The van der Waals surface area contributed by atoms with E-state index in [1.54, 1.807) is 19.9 Å². The molecule has 1 aromatic rings. The molecule has 1 aliphatic rings. The summed E-state index contributed by atoms with van der Waals surface area (Å²) in [5.41, 5.74) is 0. The summed E-state index contributed by atoms with van der Waals surface area (Å²) in [6.45, 7) is 11.5. The Kier molecular flexibility index (Phi) is 7.31. The van der Waals surface area contributed by atoms with Crippen molar-refractivity contribution in [3.05, 3.63) is 11.8 Å². The van der Waals surface area contributed by atoms with E-state index >= 15 is 0 Å². The second kappa shape index (κ2) is 9.24. The van der Waals surface area contributed by atoms with Crippen LogP contribution in [0.25, 0.3) is 0 Å². The molecule has 7 nitrogen and oxygen atoms in total. The summed E-state index contributed by atoms with van der Waals surface area (Å²) in [4.78, 5) is 28.9. The standard InChI is InChI=1S/C17H28N4O3S/c1-5-20(6-2)14-7-8-21(10-14)16(22)11-25-13(4)17(23)18-15-9-12(3)24-19-15/h9,13-14H,5-8,10-11H2,1-4H3,(H,18,19,23)/t13-,14+/m1/s1. The molecule has 0 unspecified atom stereocenters. The first-order valence-corrected chi connectivity index (χ1v) is 9.87. The van der Waals surface area contributed by atoms with Crippen LogP contribution in [-0.2, 0) is 9.59 Å². The average Bonchev–Trinajstić information content (AvgIpc) is 3.23. The fourth-order valence-electron chi connectivity index (χ4n) is 3.02. The van der Waals surface area contributed by atoms with Gasteiger partial charge in [-0.15, -0.1) is 11.8 Å². The third kappa shape index (κ3) is 5.47. The summed E-state index contributed by atoms with van der Waals surface area (Å²) in [6, 6.07) is 2.12. The summed E-state index contributed by atoms with van der Waals surface area (Å²) >= 11 is 1.35. The number of likely N-dealkylation sites (N-methyl/N-ethyl adjacent to an activating group) is 1. The number of hydrogen-bond acceptors (Lipinski definition) is 6. The zero-order valence-electron chi connectivity index (χ0n) is 15.4. The number of thioether (sulfide) groups is 1. The molecule has 0 saturated carbocycles. The largest absolute Gasteiger partial charge is 0.360 e. The molecule has 8 heteroatoms. The highest BCUT2D eigenvalue weighted by molar-refractivity contribution is 8.01. The fraction of sp³-hybridized carbons (Fsp3) is 0.706. The molecule has 2 rings (SSSR count). The Bertz CT molecular complexity index is 588. The van der Waals surface area contributed by atoms with Gasteiger partial charge >= 0.3 is 0 Å². The predicted octanol–water partition coefficient (Wildman–Crippen LogP) is 1.99. The molecular weight excluding hydrogens is 340 g/mol. The molecule has 0 aliphatic carbocycles. The molecule has 1 fully saturated rings. The highest BCUT2D eigenvalue weighted by Gasteiger charge is 2.29. The number of aryl methyl sites for hydroxylation is 1. The van der Waals surface area contributed by atoms with Crippen LogP contribution in [0.1, 0.15) is 33.0 Å². The van der Waals surface area contributed by atoms with E-state index < -0.39 is 0 Å². The summed E-state index contributed by atoms with van der Waals surface area (Å²) in [5, 5.41) is 6.11. The van der Waals surface area contributed by atoms with Gasteiger partial charge in [-0.05, 0) is 33.4 Å². The van der Waals surface area contributed by atoms with Crippen molar-refractivity contribution in [2.45, 2.75) is 45.4 Å². The molecule has 0 aromatic carbocycles. The van der Waals surface area contributed by atoms with Crippen LogP contribution in [0.15, 0.2) is 10.6 Å². The van der Waals surface area contributed by atoms with E-state index in [0.717, 1.165) is 32.6 Å². The zero-order valence-corrected chi connectivity index (χ0v) is 16.3. The van der Waals surface area contributed by atoms with Crippen LogP contribution < -0.4 is 5.32 Å². The lowest BCUT2D eigenvalue weighted by Crippen LogP contribution is -2.39. The number of carbonyl (C=O) groups is 2. The summed E-state index contributed by atoms with van der Waals surface area (Å²) in [7, 11) is 0. The molecule has 0 radical (unpaired) electrons. The van der Waals surface area contributed by atoms with Crippen molar-refractivity contribution in [2.24, 2.45) is 0 Å². The van der Waals surface area contributed by atoms with Crippen LogP contribution in [0, 0.1) is 6.92 Å². The SMILES string of the molecule is CCN(CC)[C@H]1CCN(C(=O)CS[C@H](C)C(=O)Nc2cc(C)on2)C1. The van der Waals surface area contributed by atoms with E-state index in [2.05, 4.69) is 29.2 Å². The van der Waals surface area contributed by atoms with E-state index in [0.29, 0.717) is 23.4 Å². The van der Waals surface area contributed by atoms with Gasteiger partial charge in [-0.3, -0.25) is 14.5 Å². The normalized spacial score (nSPS) is 18.6. The van der Waals surface area contributed by atoms with E-state index in [4.69, 9.17) is 4.52 Å². The van der Waals surface area contributed by atoms with Gasteiger partial charge in [0.15, 0.2) is 5.82 Å². The molecule has 1 N–H and O–H groups in total. The molecule has 1 saturated heterocycles. The van der Waals surface area contributed by atoms with Crippen molar-refractivity contribution in [2.75, 3.05) is 37.2 Å². The third-order valence-electron chi connectivity index (χ3n) is 4.55. The fourth-order valence-corrected chi connectivity index (χ4v) is 3.81. The van der Waals surface area contributed by atoms with Crippen molar-refractivity contribution in [3.63, 3.8) is 0 Å². The number of hydrogen-bond donors (Lipinski definition) is 1. The molecule has 0 bridgehead atoms. The maximum atomic E-state index is 12.4. The molecular formula is C17H28N4O3S. The number of amides is 2. The van der Waals surface area contributed by atoms with E-state index in [1.807, 2.05) is 4.90 Å². The van der Waals surface area contributed by atoms with E-state index in [9.17, 15) is 9.59 Å². The molecule has 2 heterocycles. The van der Waals surface area contributed by atoms with Gasteiger partial charge in [-0.2, -0.15) is 0 Å². The Morgan fingerprint density at radius 2 is 2.20 bits per heavy atom. The quantitative estimate of drug-likeness (QED) is 0.756. The van der Waals surface area contributed by atoms with Crippen LogP contribution in [0.4, 0.5) is 5.82 Å². The predicted molar refractivity (Wildman–Crippen MR) is 99.7 cm³/mol. The highest BCUT2D eigenvalue weighted by Crippen LogP contribution is 2.19. The van der Waals surface area contributed by atoms with Crippen molar-refractivity contribution in [1.29, 1.82) is 0 Å².